The molecule has 0 radical (unpaired) electrons. The quantitative estimate of drug-likeness (QED) is 0.242. The van der Waals surface area contributed by atoms with Crippen LogP contribution in [0.25, 0.3) is 5.76 Å². The van der Waals surface area contributed by atoms with E-state index in [1.807, 2.05) is 24.3 Å². The molecule has 1 unspecified atom stereocenters. The molecular weight excluding hydrogens is 481 g/mol. The van der Waals surface area contributed by atoms with Crippen LogP contribution in [0, 0.1) is 12.7 Å². The van der Waals surface area contributed by atoms with Crippen LogP contribution >= 0.6 is 11.6 Å². The lowest BCUT2D eigenvalue weighted by molar-refractivity contribution is -0.132. The zero-order valence-corrected chi connectivity index (χ0v) is 21.5. The van der Waals surface area contributed by atoms with Gasteiger partial charge in [0.2, 0.25) is 0 Å². The lowest BCUT2D eigenvalue weighted by Gasteiger charge is -2.28. The number of anilines is 1. The minimum absolute atomic E-state index is 0.0189. The monoisotopic (exact) mass is 507 g/mol. The van der Waals surface area contributed by atoms with Gasteiger partial charge in [-0.3, -0.25) is 14.5 Å². The van der Waals surface area contributed by atoms with E-state index in [0.29, 0.717) is 21.8 Å². The van der Waals surface area contributed by atoms with Crippen molar-refractivity contribution in [3.05, 3.63) is 99.3 Å². The van der Waals surface area contributed by atoms with E-state index < -0.39 is 29.3 Å². The maximum Gasteiger partial charge on any atom is 0.300 e. The van der Waals surface area contributed by atoms with E-state index in [2.05, 4.69) is 20.8 Å². The number of benzene rings is 3. The molecule has 3 aromatic rings. The molecule has 1 amide bonds. The molecule has 3 aromatic carbocycles. The van der Waals surface area contributed by atoms with Crippen LogP contribution in [0.2, 0.25) is 5.02 Å². The predicted molar refractivity (Wildman–Crippen MR) is 139 cm³/mol. The Bertz CT molecular complexity index is 1390. The maximum absolute atomic E-state index is 14.2. The summed E-state index contributed by atoms with van der Waals surface area (Å²) in [4.78, 5) is 28.2. The highest BCUT2D eigenvalue weighted by molar-refractivity contribution is 6.52. The number of ketones is 1. The average Bonchev–Trinajstić information content (AvgIpc) is 3.10. The van der Waals surface area contributed by atoms with Crippen molar-refractivity contribution in [2.24, 2.45) is 0 Å². The van der Waals surface area contributed by atoms with Crippen LogP contribution < -0.4 is 9.64 Å². The zero-order valence-electron chi connectivity index (χ0n) is 20.7. The second kappa shape index (κ2) is 9.43. The SMILES string of the molecule is COc1ccc(F)cc1/C(O)=C1\C(=O)C(=O)N(c2cccc(Cl)c2C)C1c1ccc(C(C)(C)C)cc1. The van der Waals surface area contributed by atoms with Crippen LogP contribution in [0.3, 0.4) is 0 Å². The van der Waals surface area contributed by atoms with E-state index in [-0.39, 0.29) is 22.3 Å². The first kappa shape index (κ1) is 25.5. The number of hydrogen-bond acceptors (Lipinski definition) is 4. The number of aliphatic hydroxyl groups is 1. The van der Waals surface area contributed by atoms with Crippen molar-refractivity contribution in [1.29, 1.82) is 0 Å². The fourth-order valence-corrected chi connectivity index (χ4v) is 4.60. The zero-order chi connectivity index (χ0) is 26.4. The Morgan fingerprint density at radius 3 is 2.33 bits per heavy atom. The van der Waals surface area contributed by atoms with E-state index >= 15 is 0 Å². The molecule has 1 aliphatic rings. The van der Waals surface area contributed by atoms with Gasteiger partial charge < -0.3 is 9.84 Å². The standard InChI is InChI=1S/C29H27ClFNO4/c1-16-21(30)7-6-8-22(16)32-25(17-9-11-18(12-10-17)29(2,3)4)24(27(34)28(32)35)26(33)20-15-19(31)13-14-23(20)36-5/h6-15,25,33H,1-5H3/b26-24+. The molecule has 1 N–H and O–H groups in total. The fourth-order valence-electron chi connectivity index (χ4n) is 4.43. The van der Waals surface area contributed by atoms with Gasteiger partial charge in [-0.25, -0.2) is 4.39 Å². The third kappa shape index (κ3) is 4.37. The molecule has 0 saturated carbocycles. The molecule has 4 rings (SSSR count). The van der Waals surface area contributed by atoms with Gasteiger partial charge in [-0.15, -0.1) is 0 Å². The molecule has 0 spiro atoms. The molecule has 36 heavy (non-hydrogen) atoms. The third-order valence-corrected chi connectivity index (χ3v) is 6.86. The van der Waals surface area contributed by atoms with Crippen LogP contribution in [0.4, 0.5) is 10.1 Å². The number of aliphatic hydroxyl groups excluding tert-OH is 1. The second-order valence-corrected chi connectivity index (χ2v) is 10.2. The minimum atomic E-state index is -0.968. The van der Waals surface area contributed by atoms with Gasteiger partial charge in [-0.05, 0) is 59.4 Å². The van der Waals surface area contributed by atoms with Crippen molar-refractivity contribution in [1.82, 2.24) is 0 Å². The molecule has 1 atom stereocenters. The number of nitrogens with zero attached hydrogens (tertiary/aromatic N) is 1. The molecule has 1 fully saturated rings. The molecule has 186 valence electrons. The van der Waals surface area contributed by atoms with Crippen LogP contribution in [-0.4, -0.2) is 23.9 Å². The van der Waals surface area contributed by atoms with Crippen molar-refractivity contribution >= 4 is 34.7 Å². The van der Waals surface area contributed by atoms with E-state index in [4.69, 9.17) is 16.3 Å². The van der Waals surface area contributed by atoms with Crippen LogP contribution in [0.1, 0.15) is 49.1 Å². The van der Waals surface area contributed by atoms with Gasteiger partial charge in [0.05, 0.1) is 24.3 Å². The maximum atomic E-state index is 14.2. The molecular formula is C29H27ClFNO4. The smallest absolute Gasteiger partial charge is 0.300 e. The topological polar surface area (TPSA) is 66.8 Å². The third-order valence-electron chi connectivity index (χ3n) is 6.45. The first-order chi connectivity index (χ1) is 17.0. The minimum Gasteiger partial charge on any atom is -0.507 e. The summed E-state index contributed by atoms with van der Waals surface area (Å²) in [6.45, 7) is 8.01. The summed E-state index contributed by atoms with van der Waals surface area (Å²) in [5.41, 5.74) is 2.44. The number of amides is 1. The molecule has 0 bridgehead atoms. The molecule has 0 aromatic heterocycles. The van der Waals surface area contributed by atoms with Gasteiger partial charge in [0.1, 0.15) is 17.3 Å². The van der Waals surface area contributed by atoms with Crippen molar-refractivity contribution in [3.8, 4) is 5.75 Å². The summed E-state index contributed by atoms with van der Waals surface area (Å²) in [7, 11) is 1.38. The molecule has 7 heteroatoms. The van der Waals surface area contributed by atoms with Gasteiger partial charge in [0, 0.05) is 10.7 Å². The van der Waals surface area contributed by atoms with Crippen LogP contribution in [0.5, 0.6) is 5.75 Å². The second-order valence-electron chi connectivity index (χ2n) is 9.77. The molecule has 5 nitrogen and oxygen atoms in total. The summed E-state index contributed by atoms with van der Waals surface area (Å²) in [6, 6.07) is 15.3. The molecule has 1 heterocycles. The number of ether oxygens (including phenoxy) is 1. The van der Waals surface area contributed by atoms with E-state index in [9.17, 15) is 19.1 Å². The Morgan fingerprint density at radius 2 is 1.72 bits per heavy atom. The normalized spacial score (nSPS) is 17.5. The van der Waals surface area contributed by atoms with E-state index in [1.165, 1.54) is 24.1 Å². The number of rotatable bonds is 4. The van der Waals surface area contributed by atoms with Crippen LogP contribution in [0.15, 0.2) is 66.2 Å². The Hall–Kier alpha value is -3.64. The van der Waals surface area contributed by atoms with Crippen molar-refractivity contribution in [2.75, 3.05) is 12.0 Å². The number of Topliss-reactive ketones (excluding diaryl/α,β-unsaturated/α-hetero) is 1. The lowest BCUT2D eigenvalue weighted by atomic mass is 9.85. The number of methoxy groups -OCH3 is 1. The first-order valence-corrected chi connectivity index (χ1v) is 11.8. The van der Waals surface area contributed by atoms with Crippen molar-refractivity contribution in [3.63, 3.8) is 0 Å². The van der Waals surface area contributed by atoms with Gasteiger partial charge >= 0.3 is 0 Å². The fraction of sp³-hybridized carbons (Fsp3) is 0.241. The van der Waals surface area contributed by atoms with E-state index in [0.717, 1.165) is 11.6 Å². The number of carbonyl (C=O) groups excluding carboxylic acids is 2. The predicted octanol–water partition coefficient (Wildman–Crippen LogP) is 6.72. The van der Waals surface area contributed by atoms with Gasteiger partial charge in [-0.2, -0.15) is 0 Å². The summed E-state index contributed by atoms with van der Waals surface area (Å²) < 4.78 is 19.4. The number of halogens is 2. The molecule has 1 aliphatic heterocycles. The summed E-state index contributed by atoms with van der Waals surface area (Å²) in [5.74, 6) is -2.67. The molecule has 1 saturated heterocycles. The summed E-state index contributed by atoms with van der Waals surface area (Å²) in [5, 5.41) is 11.8. The van der Waals surface area contributed by atoms with Crippen molar-refractivity contribution in [2.45, 2.75) is 39.2 Å². The van der Waals surface area contributed by atoms with E-state index in [1.54, 1.807) is 25.1 Å². The lowest BCUT2D eigenvalue weighted by Crippen LogP contribution is -2.30. The van der Waals surface area contributed by atoms with Gasteiger partial charge in [0.25, 0.3) is 11.7 Å². The Morgan fingerprint density at radius 1 is 1.06 bits per heavy atom. The number of carbonyl (C=O) groups is 2. The summed E-state index contributed by atoms with van der Waals surface area (Å²) in [6.07, 6.45) is 0. The Balaban J connectivity index is 2.00. The Kier molecular flexibility index (Phi) is 6.67. The summed E-state index contributed by atoms with van der Waals surface area (Å²) >= 11 is 6.35. The number of hydrogen-bond donors (Lipinski definition) is 1. The van der Waals surface area contributed by atoms with Gasteiger partial charge in [0.15, 0.2) is 0 Å². The highest BCUT2D eigenvalue weighted by Gasteiger charge is 2.47. The highest BCUT2D eigenvalue weighted by Crippen LogP contribution is 2.45. The van der Waals surface area contributed by atoms with Gasteiger partial charge in [-0.1, -0.05) is 62.7 Å². The molecule has 0 aliphatic carbocycles. The highest BCUT2D eigenvalue weighted by atomic mass is 35.5. The van der Waals surface area contributed by atoms with Crippen molar-refractivity contribution < 1.29 is 23.8 Å². The van der Waals surface area contributed by atoms with Crippen LogP contribution in [-0.2, 0) is 15.0 Å². The Labute approximate surface area is 214 Å². The first-order valence-electron chi connectivity index (χ1n) is 11.5. The average molecular weight is 508 g/mol. The largest absolute Gasteiger partial charge is 0.507 e.